The summed E-state index contributed by atoms with van der Waals surface area (Å²) in [6.45, 7) is 11.6. The fourth-order valence-electron chi connectivity index (χ4n) is 3.52. The minimum absolute atomic E-state index is 0.0598. The van der Waals surface area contributed by atoms with E-state index in [0.29, 0.717) is 12.0 Å². The molecule has 0 amide bonds. The SMILES string of the molecule is CC(C)C1CCC(O)C(CN(CC2CC2)C(C)C)C1. The molecule has 2 aliphatic rings. The average molecular weight is 267 g/mol. The van der Waals surface area contributed by atoms with E-state index in [1.165, 1.54) is 32.2 Å². The molecule has 2 saturated carbocycles. The molecule has 0 spiro atoms. The Labute approximate surface area is 119 Å². The predicted octanol–water partition coefficient (Wildman–Crippen LogP) is 3.54. The Balaban J connectivity index is 1.89. The van der Waals surface area contributed by atoms with Gasteiger partial charge in [0.2, 0.25) is 0 Å². The van der Waals surface area contributed by atoms with Crippen molar-refractivity contribution in [1.82, 2.24) is 4.90 Å². The minimum atomic E-state index is -0.0598. The van der Waals surface area contributed by atoms with E-state index in [1.807, 2.05) is 0 Å². The van der Waals surface area contributed by atoms with Gasteiger partial charge in [-0.05, 0) is 69.6 Å². The third kappa shape index (κ3) is 4.46. The molecule has 2 aliphatic carbocycles. The Morgan fingerprint density at radius 3 is 2.21 bits per heavy atom. The normalized spacial score (nSPS) is 32.5. The second kappa shape index (κ2) is 6.58. The van der Waals surface area contributed by atoms with Crippen molar-refractivity contribution in [3.05, 3.63) is 0 Å². The van der Waals surface area contributed by atoms with Crippen molar-refractivity contribution in [3.8, 4) is 0 Å². The maximum atomic E-state index is 10.3. The molecular formula is C17H33NO. The maximum absolute atomic E-state index is 10.3. The highest BCUT2D eigenvalue weighted by atomic mass is 16.3. The summed E-state index contributed by atoms with van der Waals surface area (Å²) >= 11 is 0. The largest absolute Gasteiger partial charge is 0.393 e. The first-order chi connectivity index (χ1) is 8.97. The number of hydrogen-bond acceptors (Lipinski definition) is 2. The molecule has 19 heavy (non-hydrogen) atoms. The Hall–Kier alpha value is -0.0800. The molecule has 0 aromatic rings. The van der Waals surface area contributed by atoms with E-state index in [4.69, 9.17) is 0 Å². The number of rotatable bonds is 6. The van der Waals surface area contributed by atoms with Crippen LogP contribution in [-0.2, 0) is 0 Å². The van der Waals surface area contributed by atoms with E-state index < -0.39 is 0 Å². The molecule has 1 N–H and O–H groups in total. The monoisotopic (exact) mass is 267 g/mol. The quantitative estimate of drug-likeness (QED) is 0.795. The van der Waals surface area contributed by atoms with Gasteiger partial charge in [-0.1, -0.05) is 13.8 Å². The van der Waals surface area contributed by atoms with Gasteiger partial charge in [-0.3, -0.25) is 0 Å². The van der Waals surface area contributed by atoms with Gasteiger partial charge in [0.25, 0.3) is 0 Å². The number of aliphatic hydroxyl groups is 1. The Morgan fingerprint density at radius 2 is 1.68 bits per heavy atom. The van der Waals surface area contributed by atoms with Crippen molar-refractivity contribution in [3.63, 3.8) is 0 Å². The first-order valence-electron chi connectivity index (χ1n) is 8.39. The van der Waals surface area contributed by atoms with E-state index >= 15 is 0 Å². The average Bonchev–Trinajstić information content (AvgIpc) is 3.14. The lowest BCUT2D eigenvalue weighted by Gasteiger charge is -2.39. The number of aliphatic hydroxyl groups excluding tert-OH is 1. The lowest BCUT2D eigenvalue weighted by molar-refractivity contribution is 0.0124. The summed E-state index contributed by atoms with van der Waals surface area (Å²) in [6, 6.07) is 0.618. The van der Waals surface area contributed by atoms with Gasteiger partial charge in [0, 0.05) is 19.1 Å². The zero-order valence-corrected chi connectivity index (χ0v) is 13.3. The summed E-state index contributed by atoms with van der Waals surface area (Å²) in [4.78, 5) is 2.62. The molecule has 2 heteroatoms. The predicted molar refractivity (Wildman–Crippen MR) is 81.1 cm³/mol. The van der Waals surface area contributed by atoms with Crippen LogP contribution in [0.4, 0.5) is 0 Å². The topological polar surface area (TPSA) is 23.5 Å². The smallest absolute Gasteiger partial charge is 0.0580 e. The molecule has 0 aliphatic heterocycles. The van der Waals surface area contributed by atoms with Crippen LogP contribution in [0.1, 0.15) is 59.8 Å². The van der Waals surface area contributed by atoms with E-state index in [9.17, 15) is 5.11 Å². The Bertz CT molecular complexity index is 272. The van der Waals surface area contributed by atoms with E-state index in [0.717, 1.165) is 30.7 Å². The van der Waals surface area contributed by atoms with Crippen molar-refractivity contribution >= 4 is 0 Å². The molecule has 0 heterocycles. The molecule has 2 rings (SSSR count). The van der Waals surface area contributed by atoms with Crippen LogP contribution in [0.15, 0.2) is 0 Å². The van der Waals surface area contributed by atoms with Gasteiger partial charge in [0.15, 0.2) is 0 Å². The van der Waals surface area contributed by atoms with Gasteiger partial charge in [0.05, 0.1) is 6.10 Å². The van der Waals surface area contributed by atoms with Gasteiger partial charge < -0.3 is 10.0 Å². The van der Waals surface area contributed by atoms with Crippen LogP contribution in [0.3, 0.4) is 0 Å². The minimum Gasteiger partial charge on any atom is -0.393 e. The van der Waals surface area contributed by atoms with Gasteiger partial charge in [0.1, 0.15) is 0 Å². The Morgan fingerprint density at radius 1 is 1.00 bits per heavy atom. The highest BCUT2D eigenvalue weighted by Gasteiger charge is 2.33. The molecule has 2 nitrogen and oxygen atoms in total. The van der Waals surface area contributed by atoms with Crippen LogP contribution in [0, 0.1) is 23.7 Å². The summed E-state index contributed by atoms with van der Waals surface area (Å²) in [5, 5.41) is 10.3. The van der Waals surface area contributed by atoms with Gasteiger partial charge in [-0.15, -0.1) is 0 Å². The summed E-state index contributed by atoms with van der Waals surface area (Å²) in [5.74, 6) is 3.04. The van der Waals surface area contributed by atoms with Crippen molar-refractivity contribution < 1.29 is 5.11 Å². The molecule has 0 aromatic carbocycles. The van der Waals surface area contributed by atoms with Crippen molar-refractivity contribution in [1.29, 1.82) is 0 Å². The summed E-state index contributed by atoms with van der Waals surface area (Å²) in [5.41, 5.74) is 0. The standard InChI is InChI=1S/C17H33NO/c1-12(2)15-7-8-17(19)16(9-15)11-18(13(3)4)10-14-5-6-14/h12-17,19H,5-11H2,1-4H3. The van der Waals surface area contributed by atoms with Crippen molar-refractivity contribution in [2.45, 2.75) is 71.9 Å². The number of hydrogen-bond donors (Lipinski definition) is 1. The van der Waals surface area contributed by atoms with Crippen LogP contribution >= 0.6 is 0 Å². The first kappa shape index (κ1) is 15.3. The molecular weight excluding hydrogens is 234 g/mol. The van der Waals surface area contributed by atoms with E-state index in [-0.39, 0.29) is 6.10 Å². The fraction of sp³-hybridized carbons (Fsp3) is 1.00. The third-order valence-electron chi connectivity index (χ3n) is 5.31. The zero-order chi connectivity index (χ0) is 14.0. The van der Waals surface area contributed by atoms with Gasteiger partial charge >= 0.3 is 0 Å². The Kier molecular flexibility index (Phi) is 5.30. The summed E-state index contributed by atoms with van der Waals surface area (Å²) in [6.07, 6.45) is 6.25. The fourth-order valence-corrected chi connectivity index (χ4v) is 3.52. The van der Waals surface area contributed by atoms with Crippen LogP contribution in [0.5, 0.6) is 0 Å². The third-order valence-corrected chi connectivity index (χ3v) is 5.31. The summed E-state index contributed by atoms with van der Waals surface area (Å²) in [7, 11) is 0. The highest BCUT2D eigenvalue weighted by Crippen LogP contribution is 2.36. The zero-order valence-electron chi connectivity index (χ0n) is 13.3. The van der Waals surface area contributed by atoms with Crippen LogP contribution in [0.25, 0.3) is 0 Å². The number of nitrogens with zero attached hydrogens (tertiary/aromatic N) is 1. The van der Waals surface area contributed by atoms with Crippen molar-refractivity contribution in [2.24, 2.45) is 23.7 Å². The molecule has 0 aromatic heterocycles. The molecule has 2 fully saturated rings. The molecule has 0 bridgehead atoms. The first-order valence-corrected chi connectivity index (χ1v) is 8.39. The summed E-state index contributed by atoms with van der Waals surface area (Å²) < 4.78 is 0. The second-order valence-electron chi connectivity index (χ2n) is 7.64. The van der Waals surface area contributed by atoms with Crippen LogP contribution in [0.2, 0.25) is 0 Å². The van der Waals surface area contributed by atoms with Crippen LogP contribution < -0.4 is 0 Å². The lowest BCUT2D eigenvalue weighted by Crippen LogP contribution is -2.43. The molecule has 3 unspecified atom stereocenters. The molecule has 0 saturated heterocycles. The molecule has 0 radical (unpaired) electrons. The van der Waals surface area contributed by atoms with E-state index in [1.54, 1.807) is 0 Å². The van der Waals surface area contributed by atoms with Gasteiger partial charge in [-0.2, -0.15) is 0 Å². The lowest BCUT2D eigenvalue weighted by atomic mass is 9.74. The molecule has 112 valence electrons. The second-order valence-corrected chi connectivity index (χ2v) is 7.64. The molecule has 3 atom stereocenters. The van der Waals surface area contributed by atoms with E-state index in [2.05, 4.69) is 32.6 Å². The van der Waals surface area contributed by atoms with Crippen LogP contribution in [-0.4, -0.2) is 35.2 Å². The van der Waals surface area contributed by atoms with Gasteiger partial charge in [-0.25, -0.2) is 0 Å². The highest BCUT2D eigenvalue weighted by molar-refractivity contribution is 4.86. The maximum Gasteiger partial charge on any atom is 0.0580 e. The van der Waals surface area contributed by atoms with Crippen molar-refractivity contribution in [2.75, 3.05) is 13.1 Å².